The summed E-state index contributed by atoms with van der Waals surface area (Å²) in [5.41, 5.74) is 2.00. The van der Waals surface area contributed by atoms with Crippen molar-refractivity contribution in [2.45, 2.75) is 23.9 Å². The van der Waals surface area contributed by atoms with Crippen LogP contribution in [-0.2, 0) is 16.1 Å². The number of carbonyl (C=O) groups is 1. The van der Waals surface area contributed by atoms with Gasteiger partial charge in [-0.25, -0.2) is 0 Å². The summed E-state index contributed by atoms with van der Waals surface area (Å²) in [5.74, 6) is 0.429. The number of thioether (sulfide) groups is 1. The highest BCUT2D eigenvalue weighted by molar-refractivity contribution is 8.00. The molecule has 0 amide bonds. The highest BCUT2D eigenvalue weighted by atomic mass is 32.2. The van der Waals surface area contributed by atoms with Crippen LogP contribution in [0.15, 0.2) is 60.0 Å². The number of ether oxygens (including phenoxy) is 1. The summed E-state index contributed by atoms with van der Waals surface area (Å²) < 4.78 is 6.80. The fraction of sp³-hybridized carbons (Fsp3) is 0.222. The van der Waals surface area contributed by atoms with Gasteiger partial charge in [0.2, 0.25) is 0 Å². The second-order valence-corrected chi connectivity index (χ2v) is 6.71. The van der Waals surface area contributed by atoms with E-state index < -0.39 is 0 Å². The van der Waals surface area contributed by atoms with Crippen molar-refractivity contribution in [3.8, 4) is 11.4 Å². The summed E-state index contributed by atoms with van der Waals surface area (Å²) in [7, 11) is 1.38. The largest absolute Gasteiger partial charge is 0.468 e. The number of esters is 1. The van der Waals surface area contributed by atoms with Crippen LogP contribution in [0.5, 0.6) is 0 Å². The second kappa shape index (κ2) is 7.94. The molecule has 3 rings (SSSR count). The Bertz CT molecular complexity index is 837. The van der Waals surface area contributed by atoms with Gasteiger partial charge in [-0.3, -0.25) is 14.3 Å². The molecule has 3 aromatic rings. The smallest absolute Gasteiger partial charge is 0.318 e. The van der Waals surface area contributed by atoms with E-state index in [0.29, 0.717) is 11.7 Å². The lowest BCUT2D eigenvalue weighted by Gasteiger charge is -2.12. The van der Waals surface area contributed by atoms with Crippen LogP contribution in [0.3, 0.4) is 0 Å². The topological polar surface area (TPSA) is 69.9 Å². The molecule has 2 heterocycles. The van der Waals surface area contributed by atoms with Gasteiger partial charge in [0, 0.05) is 18.0 Å². The maximum Gasteiger partial charge on any atom is 0.318 e. The molecule has 1 atom stereocenters. The van der Waals surface area contributed by atoms with Crippen LogP contribution in [0.2, 0.25) is 0 Å². The van der Waals surface area contributed by atoms with Crippen molar-refractivity contribution < 1.29 is 9.53 Å². The summed E-state index contributed by atoms with van der Waals surface area (Å²) in [5, 5.41) is 8.90. The van der Waals surface area contributed by atoms with Gasteiger partial charge in [0.05, 0.1) is 13.7 Å². The van der Waals surface area contributed by atoms with Crippen molar-refractivity contribution in [2.24, 2.45) is 0 Å². The highest BCUT2D eigenvalue weighted by Crippen LogP contribution is 2.27. The predicted molar refractivity (Wildman–Crippen MR) is 96.1 cm³/mol. The number of pyridine rings is 1. The van der Waals surface area contributed by atoms with Crippen LogP contribution >= 0.6 is 11.8 Å². The van der Waals surface area contributed by atoms with Crippen LogP contribution in [-0.4, -0.2) is 38.1 Å². The van der Waals surface area contributed by atoms with Crippen molar-refractivity contribution in [2.75, 3.05) is 7.11 Å². The summed E-state index contributed by atoms with van der Waals surface area (Å²) >= 11 is 1.33. The Morgan fingerprint density at radius 1 is 1.20 bits per heavy atom. The van der Waals surface area contributed by atoms with E-state index in [9.17, 15) is 4.79 Å². The van der Waals surface area contributed by atoms with E-state index in [2.05, 4.69) is 15.2 Å². The van der Waals surface area contributed by atoms with Gasteiger partial charge in [0.25, 0.3) is 0 Å². The molecule has 0 saturated heterocycles. The van der Waals surface area contributed by atoms with E-state index >= 15 is 0 Å². The molecule has 0 aliphatic heterocycles. The molecule has 1 aromatic carbocycles. The van der Waals surface area contributed by atoms with Gasteiger partial charge >= 0.3 is 5.97 Å². The average Bonchev–Trinajstić information content (AvgIpc) is 3.04. The van der Waals surface area contributed by atoms with E-state index in [-0.39, 0.29) is 11.2 Å². The molecule has 0 N–H and O–H groups in total. The minimum Gasteiger partial charge on any atom is -0.468 e. The first-order valence-corrected chi connectivity index (χ1v) is 8.69. The number of aromatic nitrogens is 4. The van der Waals surface area contributed by atoms with Gasteiger partial charge < -0.3 is 4.74 Å². The molecular formula is C18H18N4O2S. The Morgan fingerprint density at radius 3 is 2.68 bits per heavy atom. The summed E-state index contributed by atoms with van der Waals surface area (Å²) in [6.45, 7) is 2.40. The zero-order valence-electron chi connectivity index (χ0n) is 14.0. The Labute approximate surface area is 150 Å². The zero-order chi connectivity index (χ0) is 17.6. The molecule has 0 unspecified atom stereocenters. The summed E-state index contributed by atoms with van der Waals surface area (Å²) in [6, 6.07) is 13.9. The third-order valence-corrected chi connectivity index (χ3v) is 4.69. The Kier molecular flexibility index (Phi) is 5.45. The second-order valence-electron chi connectivity index (χ2n) is 5.40. The number of rotatable bonds is 6. The SMILES string of the molecule is COC(=O)[C@H](C)Sc1nnc(-c2cccnc2)n1Cc1ccccc1. The first-order chi connectivity index (χ1) is 12.2. The molecule has 2 aromatic heterocycles. The van der Waals surface area contributed by atoms with Crippen LogP contribution in [0.1, 0.15) is 12.5 Å². The molecule has 25 heavy (non-hydrogen) atoms. The van der Waals surface area contributed by atoms with E-state index in [4.69, 9.17) is 4.74 Å². The minimum absolute atomic E-state index is 0.290. The zero-order valence-corrected chi connectivity index (χ0v) is 14.8. The quantitative estimate of drug-likeness (QED) is 0.500. The normalized spacial score (nSPS) is 11.9. The van der Waals surface area contributed by atoms with Crippen LogP contribution in [0, 0.1) is 0 Å². The standard InChI is InChI=1S/C18H18N4O2S/c1-13(17(23)24-2)25-18-21-20-16(15-9-6-10-19-11-15)22(18)12-14-7-4-3-5-8-14/h3-11,13H,12H2,1-2H3/t13-/m0/s1. The Balaban J connectivity index is 1.97. The van der Waals surface area contributed by atoms with E-state index in [0.717, 1.165) is 17.0 Å². The highest BCUT2D eigenvalue weighted by Gasteiger charge is 2.21. The number of benzene rings is 1. The Hall–Kier alpha value is -2.67. The molecule has 6 nitrogen and oxygen atoms in total. The first kappa shape index (κ1) is 17.2. The lowest BCUT2D eigenvalue weighted by Crippen LogP contribution is -2.16. The maximum absolute atomic E-state index is 11.8. The van der Waals surface area contributed by atoms with Crippen molar-refractivity contribution in [1.82, 2.24) is 19.7 Å². The molecule has 0 radical (unpaired) electrons. The van der Waals surface area contributed by atoms with Crippen molar-refractivity contribution in [3.63, 3.8) is 0 Å². The summed E-state index contributed by atoms with van der Waals surface area (Å²) in [4.78, 5) is 15.9. The van der Waals surface area contributed by atoms with Gasteiger partial charge in [0.15, 0.2) is 11.0 Å². The minimum atomic E-state index is -0.370. The molecule has 0 spiro atoms. The Morgan fingerprint density at radius 2 is 2.00 bits per heavy atom. The van der Waals surface area contributed by atoms with Crippen LogP contribution in [0.25, 0.3) is 11.4 Å². The average molecular weight is 354 g/mol. The summed E-state index contributed by atoms with van der Waals surface area (Å²) in [6.07, 6.45) is 3.47. The number of hydrogen-bond acceptors (Lipinski definition) is 6. The molecule has 0 bridgehead atoms. The van der Waals surface area contributed by atoms with Gasteiger partial charge in [-0.15, -0.1) is 10.2 Å². The number of nitrogens with zero attached hydrogens (tertiary/aromatic N) is 4. The maximum atomic E-state index is 11.8. The van der Waals surface area contributed by atoms with Crippen molar-refractivity contribution in [3.05, 3.63) is 60.4 Å². The fourth-order valence-electron chi connectivity index (χ4n) is 2.37. The molecule has 7 heteroatoms. The predicted octanol–water partition coefficient (Wildman–Crippen LogP) is 3.04. The number of methoxy groups -OCH3 is 1. The van der Waals surface area contributed by atoms with Gasteiger partial charge in [-0.2, -0.15) is 0 Å². The first-order valence-electron chi connectivity index (χ1n) is 7.81. The fourth-order valence-corrected chi connectivity index (χ4v) is 3.24. The van der Waals surface area contributed by atoms with Gasteiger partial charge in [0.1, 0.15) is 5.25 Å². The molecular weight excluding hydrogens is 336 g/mol. The lowest BCUT2D eigenvalue weighted by atomic mass is 10.2. The molecule has 128 valence electrons. The van der Waals surface area contributed by atoms with Crippen molar-refractivity contribution in [1.29, 1.82) is 0 Å². The van der Waals surface area contributed by atoms with E-state index in [1.165, 1.54) is 18.9 Å². The monoisotopic (exact) mass is 354 g/mol. The van der Waals surface area contributed by atoms with Gasteiger partial charge in [-0.1, -0.05) is 42.1 Å². The molecule has 0 saturated carbocycles. The van der Waals surface area contributed by atoms with Gasteiger partial charge in [-0.05, 0) is 24.6 Å². The molecule has 0 aliphatic rings. The molecule has 0 aliphatic carbocycles. The van der Waals surface area contributed by atoms with Crippen LogP contribution in [0.4, 0.5) is 0 Å². The number of carbonyl (C=O) groups excluding carboxylic acids is 1. The third kappa shape index (κ3) is 4.06. The van der Waals surface area contributed by atoms with E-state index in [1.807, 2.05) is 47.0 Å². The van der Waals surface area contributed by atoms with Crippen molar-refractivity contribution >= 4 is 17.7 Å². The number of hydrogen-bond donors (Lipinski definition) is 0. The molecule has 0 fully saturated rings. The third-order valence-electron chi connectivity index (χ3n) is 3.64. The van der Waals surface area contributed by atoms with Crippen LogP contribution < -0.4 is 0 Å². The van der Waals surface area contributed by atoms with E-state index in [1.54, 1.807) is 19.3 Å². The lowest BCUT2D eigenvalue weighted by molar-refractivity contribution is -0.139.